The van der Waals surface area contributed by atoms with Gasteiger partial charge in [0.1, 0.15) is 0 Å². The Balaban J connectivity index is 0.998. The van der Waals surface area contributed by atoms with Gasteiger partial charge >= 0.3 is 6.01 Å². The standard InChI is InChI=1S/C22H31N5O3/c1-13-23-21(30-24-13)27-15-7-14(8-16(27)12-29-11-15)25-9-17-18(10-25)19(17)20(28)26-6-5-22(26)3-2-4-22/h14-19H,2-12H2,1H3/t14?,15?,16?,17-,18+,19+. The first-order valence-electron chi connectivity index (χ1n) is 11.8. The van der Waals surface area contributed by atoms with Crippen molar-refractivity contribution >= 4 is 11.9 Å². The molecule has 7 rings (SSSR count). The van der Waals surface area contributed by atoms with E-state index in [0.29, 0.717) is 59.2 Å². The smallest absolute Gasteiger partial charge is 0.324 e. The number of morpholine rings is 1. The van der Waals surface area contributed by atoms with Crippen LogP contribution in [0.3, 0.4) is 0 Å². The number of rotatable bonds is 3. The van der Waals surface area contributed by atoms with E-state index in [0.717, 1.165) is 45.7 Å². The Labute approximate surface area is 176 Å². The zero-order valence-electron chi connectivity index (χ0n) is 17.7. The average Bonchev–Trinajstić information content (AvgIpc) is 2.98. The van der Waals surface area contributed by atoms with Crippen molar-refractivity contribution in [3.05, 3.63) is 5.82 Å². The first-order valence-corrected chi connectivity index (χ1v) is 11.8. The molecule has 4 aliphatic heterocycles. The van der Waals surface area contributed by atoms with Crippen molar-refractivity contribution in [1.82, 2.24) is 19.9 Å². The summed E-state index contributed by atoms with van der Waals surface area (Å²) in [6, 6.07) is 1.83. The molecule has 4 saturated heterocycles. The van der Waals surface area contributed by atoms with Gasteiger partial charge in [0.05, 0.1) is 25.3 Å². The number of aryl methyl sites for hydroxylation is 1. The van der Waals surface area contributed by atoms with Crippen molar-refractivity contribution < 1.29 is 14.1 Å². The number of carbonyl (C=O) groups excluding carboxylic acids is 1. The fourth-order valence-corrected chi connectivity index (χ4v) is 7.28. The quantitative estimate of drug-likeness (QED) is 0.742. The lowest BCUT2D eigenvalue weighted by atomic mass is 9.67. The topological polar surface area (TPSA) is 74.9 Å². The van der Waals surface area contributed by atoms with E-state index in [1.807, 2.05) is 6.92 Å². The van der Waals surface area contributed by atoms with Crippen LogP contribution in [0.4, 0.5) is 6.01 Å². The maximum absolute atomic E-state index is 13.1. The Morgan fingerprint density at radius 3 is 2.33 bits per heavy atom. The number of piperidine rings is 2. The molecule has 0 radical (unpaired) electrons. The lowest BCUT2D eigenvalue weighted by Crippen LogP contribution is -2.66. The van der Waals surface area contributed by atoms with Crippen LogP contribution < -0.4 is 4.90 Å². The Morgan fingerprint density at radius 2 is 1.80 bits per heavy atom. The van der Waals surface area contributed by atoms with Crippen LogP contribution in [0.2, 0.25) is 0 Å². The van der Waals surface area contributed by atoms with Gasteiger partial charge in [0, 0.05) is 37.1 Å². The first-order chi connectivity index (χ1) is 14.6. The molecule has 30 heavy (non-hydrogen) atoms. The van der Waals surface area contributed by atoms with Gasteiger partial charge in [-0.2, -0.15) is 4.98 Å². The molecule has 162 valence electrons. The number of carbonyl (C=O) groups is 1. The molecule has 8 heteroatoms. The largest absolute Gasteiger partial charge is 0.377 e. The molecule has 0 N–H and O–H groups in total. The van der Waals surface area contributed by atoms with Crippen molar-refractivity contribution in [2.45, 2.75) is 69.1 Å². The maximum Gasteiger partial charge on any atom is 0.324 e. The third-order valence-corrected chi connectivity index (χ3v) is 9.18. The van der Waals surface area contributed by atoms with Crippen LogP contribution in [-0.2, 0) is 9.53 Å². The van der Waals surface area contributed by atoms with Crippen molar-refractivity contribution in [2.24, 2.45) is 17.8 Å². The summed E-state index contributed by atoms with van der Waals surface area (Å²) in [5.41, 5.74) is 0.297. The summed E-state index contributed by atoms with van der Waals surface area (Å²) >= 11 is 0. The molecular weight excluding hydrogens is 382 g/mol. The van der Waals surface area contributed by atoms with E-state index in [1.165, 1.54) is 25.7 Å². The number of amides is 1. The van der Waals surface area contributed by atoms with Crippen molar-refractivity contribution in [3.63, 3.8) is 0 Å². The van der Waals surface area contributed by atoms with Gasteiger partial charge in [0.2, 0.25) is 5.91 Å². The predicted octanol–water partition coefficient (Wildman–Crippen LogP) is 1.45. The maximum atomic E-state index is 13.1. The number of hydrogen-bond acceptors (Lipinski definition) is 7. The van der Waals surface area contributed by atoms with Gasteiger partial charge < -0.3 is 19.1 Å². The molecule has 5 atom stereocenters. The summed E-state index contributed by atoms with van der Waals surface area (Å²) in [6.45, 7) is 6.54. The zero-order valence-corrected chi connectivity index (χ0v) is 17.7. The first kappa shape index (κ1) is 18.0. The number of nitrogens with zero attached hydrogens (tertiary/aromatic N) is 5. The van der Waals surface area contributed by atoms with Crippen LogP contribution >= 0.6 is 0 Å². The second-order valence-electron chi connectivity index (χ2n) is 10.6. The second-order valence-corrected chi connectivity index (χ2v) is 10.6. The second kappa shape index (κ2) is 6.19. The molecule has 1 amide bonds. The average molecular weight is 414 g/mol. The molecule has 0 aromatic carbocycles. The van der Waals surface area contributed by atoms with Crippen molar-refractivity contribution in [1.29, 1.82) is 0 Å². The molecule has 1 aromatic rings. The predicted molar refractivity (Wildman–Crippen MR) is 108 cm³/mol. The van der Waals surface area contributed by atoms with Crippen LogP contribution in [0.1, 0.15) is 44.3 Å². The van der Waals surface area contributed by atoms with Crippen molar-refractivity contribution in [2.75, 3.05) is 37.7 Å². The minimum atomic E-state index is 0.297. The van der Waals surface area contributed by atoms with E-state index in [2.05, 4.69) is 24.8 Å². The van der Waals surface area contributed by atoms with Gasteiger partial charge in [-0.05, 0) is 57.3 Å². The third kappa shape index (κ3) is 2.43. The number of fused-ring (bicyclic) bond motifs is 3. The fourth-order valence-electron chi connectivity index (χ4n) is 7.28. The highest BCUT2D eigenvalue weighted by Crippen LogP contribution is 2.57. The Kier molecular flexibility index (Phi) is 3.70. The molecule has 8 nitrogen and oxygen atoms in total. The highest BCUT2D eigenvalue weighted by molar-refractivity contribution is 5.84. The molecule has 2 bridgehead atoms. The van der Waals surface area contributed by atoms with E-state index in [4.69, 9.17) is 9.26 Å². The summed E-state index contributed by atoms with van der Waals surface area (Å²) in [6.07, 6.45) is 7.20. The van der Waals surface area contributed by atoms with E-state index >= 15 is 0 Å². The lowest BCUT2D eigenvalue weighted by Gasteiger charge is -2.59. The molecule has 2 aliphatic carbocycles. The van der Waals surface area contributed by atoms with Gasteiger partial charge in [-0.15, -0.1) is 0 Å². The molecule has 2 unspecified atom stereocenters. The zero-order chi connectivity index (χ0) is 20.0. The Morgan fingerprint density at radius 1 is 1.07 bits per heavy atom. The highest BCUT2D eigenvalue weighted by Gasteiger charge is 2.64. The lowest BCUT2D eigenvalue weighted by molar-refractivity contribution is -0.158. The molecule has 5 heterocycles. The van der Waals surface area contributed by atoms with Gasteiger partial charge in [0.25, 0.3) is 0 Å². The molecule has 1 aromatic heterocycles. The monoisotopic (exact) mass is 413 g/mol. The third-order valence-electron chi connectivity index (χ3n) is 9.18. The number of likely N-dealkylation sites (tertiary alicyclic amines) is 2. The van der Waals surface area contributed by atoms with Crippen molar-refractivity contribution in [3.8, 4) is 0 Å². The summed E-state index contributed by atoms with van der Waals surface area (Å²) in [7, 11) is 0. The molecular formula is C22H31N5O3. The number of hydrogen-bond donors (Lipinski definition) is 0. The van der Waals surface area contributed by atoms with E-state index in [9.17, 15) is 4.79 Å². The normalized spacial score (nSPS) is 41.4. The highest BCUT2D eigenvalue weighted by atomic mass is 16.5. The van der Waals surface area contributed by atoms with E-state index < -0.39 is 0 Å². The SMILES string of the molecule is Cc1noc(N2C3COCC2CC(N2C[C@@H]4[C@H](C2)[C@H]4C(=O)N2CCC24CCC4)C3)n1. The van der Waals surface area contributed by atoms with E-state index in [-0.39, 0.29) is 0 Å². The minimum Gasteiger partial charge on any atom is -0.377 e. The van der Waals surface area contributed by atoms with Crippen LogP contribution in [0.5, 0.6) is 0 Å². The summed E-state index contributed by atoms with van der Waals surface area (Å²) in [5.74, 6) is 2.70. The Bertz CT molecular complexity index is 837. The van der Waals surface area contributed by atoms with Gasteiger partial charge in [-0.3, -0.25) is 9.69 Å². The Hall–Kier alpha value is -1.67. The van der Waals surface area contributed by atoms with Gasteiger partial charge in [-0.25, -0.2) is 0 Å². The van der Waals surface area contributed by atoms with Crippen LogP contribution in [0, 0.1) is 24.7 Å². The molecule has 1 spiro atoms. The van der Waals surface area contributed by atoms with Crippen LogP contribution in [-0.4, -0.2) is 82.4 Å². The molecule has 6 aliphatic rings. The van der Waals surface area contributed by atoms with Crippen LogP contribution in [0.25, 0.3) is 0 Å². The summed E-state index contributed by atoms with van der Waals surface area (Å²) < 4.78 is 11.4. The fraction of sp³-hybridized carbons (Fsp3) is 0.864. The summed E-state index contributed by atoms with van der Waals surface area (Å²) in [4.78, 5) is 24.8. The number of anilines is 1. The number of aromatic nitrogens is 2. The minimum absolute atomic E-state index is 0.297. The molecule has 6 fully saturated rings. The molecule has 2 saturated carbocycles. The summed E-state index contributed by atoms with van der Waals surface area (Å²) in [5, 5.41) is 3.99. The van der Waals surface area contributed by atoms with Gasteiger partial charge in [-0.1, -0.05) is 5.16 Å². The number of ether oxygens (including phenoxy) is 1. The van der Waals surface area contributed by atoms with E-state index in [1.54, 1.807) is 0 Å². The van der Waals surface area contributed by atoms with Gasteiger partial charge in [0.15, 0.2) is 5.82 Å². The van der Waals surface area contributed by atoms with Crippen LogP contribution in [0.15, 0.2) is 4.52 Å².